The molecule has 0 fully saturated rings. The van der Waals surface area contributed by atoms with Crippen LogP contribution in [0.25, 0.3) is 0 Å². The topological polar surface area (TPSA) is 20.2 Å². The van der Waals surface area contributed by atoms with E-state index in [4.69, 9.17) is 0 Å². The van der Waals surface area contributed by atoms with Crippen molar-refractivity contribution in [1.82, 2.24) is 0 Å². The summed E-state index contributed by atoms with van der Waals surface area (Å²) in [6.45, 7) is 7.40. The minimum absolute atomic E-state index is 0.449. The van der Waals surface area contributed by atoms with Crippen LogP contribution in [0.3, 0.4) is 0 Å². The lowest BCUT2D eigenvalue weighted by Crippen LogP contribution is -2.15. The van der Waals surface area contributed by atoms with E-state index in [1.54, 1.807) is 0 Å². The van der Waals surface area contributed by atoms with Gasteiger partial charge in [-0.05, 0) is 38.5 Å². The first-order valence-corrected chi connectivity index (χ1v) is 31.6. The molecule has 1 nitrogen and oxygen atoms in total. The molecule has 7 heteroatoms. The molecule has 0 aromatic carbocycles. The van der Waals surface area contributed by atoms with Crippen molar-refractivity contribution < 1.29 is 22.4 Å². The SMILES string of the molecule is CCCCCCCCCCCCCCCCCC[P+](CCO)(CCCCCCCCCCCCCCCCCC)CCCCCCCCCCCCCCCCCC.F[B-](F)(F)F. The quantitative estimate of drug-likeness (QED) is 0.0279. The zero-order valence-corrected chi connectivity index (χ0v) is 44.4. The summed E-state index contributed by atoms with van der Waals surface area (Å²) in [5.41, 5.74) is 0. The van der Waals surface area contributed by atoms with Gasteiger partial charge in [-0.1, -0.05) is 290 Å². The van der Waals surface area contributed by atoms with Gasteiger partial charge in [0.05, 0.1) is 31.3 Å². The zero-order chi connectivity index (χ0) is 46.5. The third kappa shape index (κ3) is 60.2. The second kappa shape index (κ2) is 54.8. The van der Waals surface area contributed by atoms with Crippen molar-refractivity contribution in [2.75, 3.05) is 31.3 Å². The second-order valence-electron chi connectivity index (χ2n) is 20.4. The van der Waals surface area contributed by atoms with Gasteiger partial charge >= 0.3 is 7.25 Å². The Labute approximate surface area is 395 Å². The average molecular weight is 923 g/mol. The molecule has 0 aliphatic carbocycles. The van der Waals surface area contributed by atoms with E-state index >= 15 is 0 Å². The maximum atomic E-state index is 10.3. The van der Waals surface area contributed by atoms with Gasteiger partial charge in [0, 0.05) is 7.26 Å². The molecule has 0 aliphatic heterocycles. The van der Waals surface area contributed by atoms with Gasteiger partial charge in [-0.3, -0.25) is 0 Å². The number of rotatable bonds is 53. The Morgan fingerprint density at radius 1 is 0.238 bits per heavy atom. The van der Waals surface area contributed by atoms with Crippen molar-refractivity contribution in [3.05, 3.63) is 0 Å². The predicted octanol–water partition coefficient (Wildman–Crippen LogP) is 22.1. The van der Waals surface area contributed by atoms with Crippen LogP contribution in [0.15, 0.2) is 0 Å². The molecular formula is C56H116BF4OP. The van der Waals surface area contributed by atoms with Gasteiger partial charge in [0.1, 0.15) is 0 Å². The molecule has 0 bridgehead atoms. The highest BCUT2D eigenvalue weighted by molar-refractivity contribution is 7.75. The number of unbranched alkanes of at least 4 members (excludes halogenated alkanes) is 45. The fourth-order valence-corrected chi connectivity index (χ4v) is 14.3. The Balaban J connectivity index is 0. The highest BCUT2D eigenvalue weighted by Crippen LogP contribution is 2.60. The molecule has 0 rings (SSSR count). The van der Waals surface area contributed by atoms with Crippen molar-refractivity contribution >= 4 is 14.5 Å². The lowest BCUT2D eigenvalue weighted by atomic mass is 10.0. The van der Waals surface area contributed by atoms with Crippen LogP contribution in [0.4, 0.5) is 17.3 Å². The standard InChI is InChI=1S/C56H116OP.BF4/c1-4-7-10-13-16-19-22-25-28-31-34-37-40-43-46-49-53-58(56-52-57,54-50-47-44-41-38-35-32-29-26-23-20-17-14-11-8-5-2)55-51-48-45-42-39-36-33-30-27-24-21-18-15-12-9-6-3;2-1(3,4)5/h57H,4-56H2,1-3H3;/q+1;-1. The average Bonchev–Trinajstić information content (AvgIpc) is 3.25. The number of aliphatic hydroxyl groups is 1. The number of halogens is 4. The molecule has 0 aromatic rings. The summed E-state index contributed by atoms with van der Waals surface area (Å²) in [6.07, 6.45) is 75.6. The summed E-state index contributed by atoms with van der Waals surface area (Å²) in [6, 6.07) is 0. The van der Waals surface area contributed by atoms with Crippen molar-refractivity contribution in [2.24, 2.45) is 0 Å². The van der Waals surface area contributed by atoms with Gasteiger partial charge in [0.15, 0.2) is 0 Å². The molecule has 0 aliphatic rings. The Morgan fingerprint density at radius 2 is 0.365 bits per heavy atom. The van der Waals surface area contributed by atoms with Crippen LogP contribution in [-0.4, -0.2) is 43.6 Å². The molecule has 0 saturated carbocycles. The Bertz CT molecular complexity index is 720. The molecule has 63 heavy (non-hydrogen) atoms. The van der Waals surface area contributed by atoms with Gasteiger partial charge in [0.2, 0.25) is 0 Å². The molecule has 0 radical (unpaired) electrons. The van der Waals surface area contributed by atoms with Crippen molar-refractivity contribution in [2.45, 2.75) is 329 Å². The van der Waals surface area contributed by atoms with Gasteiger partial charge in [-0.2, -0.15) is 0 Å². The molecule has 0 amide bonds. The van der Waals surface area contributed by atoms with Gasteiger partial charge in [0.25, 0.3) is 0 Å². The number of hydrogen-bond donors (Lipinski definition) is 1. The molecule has 0 spiro atoms. The van der Waals surface area contributed by atoms with E-state index in [2.05, 4.69) is 20.8 Å². The summed E-state index contributed by atoms with van der Waals surface area (Å²) >= 11 is 0. The van der Waals surface area contributed by atoms with Crippen molar-refractivity contribution in [3.8, 4) is 0 Å². The first-order valence-electron chi connectivity index (χ1n) is 29.1. The Kier molecular flexibility index (Phi) is 56.7. The molecule has 0 heterocycles. The van der Waals surface area contributed by atoms with E-state index in [-0.39, 0.29) is 0 Å². The first-order chi connectivity index (χ1) is 30.7. The number of hydrogen-bond acceptors (Lipinski definition) is 1. The zero-order valence-electron chi connectivity index (χ0n) is 43.5. The van der Waals surface area contributed by atoms with Gasteiger partial charge in [-0.25, -0.2) is 0 Å². The van der Waals surface area contributed by atoms with Gasteiger partial charge in [-0.15, -0.1) is 0 Å². The van der Waals surface area contributed by atoms with Crippen molar-refractivity contribution in [3.63, 3.8) is 0 Å². The normalized spacial score (nSPS) is 12.0. The van der Waals surface area contributed by atoms with E-state index in [0.29, 0.717) is 6.61 Å². The third-order valence-electron chi connectivity index (χ3n) is 14.0. The van der Waals surface area contributed by atoms with Crippen LogP contribution >= 0.6 is 7.26 Å². The van der Waals surface area contributed by atoms with Crippen LogP contribution in [0.1, 0.15) is 329 Å². The van der Waals surface area contributed by atoms with Crippen LogP contribution in [0.2, 0.25) is 0 Å². The molecule has 382 valence electrons. The fraction of sp³-hybridized carbons (Fsp3) is 1.00. The lowest BCUT2D eigenvalue weighted by Gasteiger charge is -2.28. The van der Waals surface area contributed by atoms with Crippen LogP contribution in [0.5, 0.6) is 0 Å². The van der Waals surface area contributed by atoms with Gasteiger partial charge < -0.3 is 22.4 Å². The lowest BCUT2D eigenvalue weighted by molar-refractivity contribution is 0.320. The minimum Gasteiger partial charge on any atom is -0.418 e. The van der Waals surface area contributed by atoms with E-state index < -0.39 is 14.5 Å². The first kappa shape index (κ1) is 65.3. The molecule has 0 aromatic heterocycles. The summed E-state index contributed by atoms with van der Waals surface area (Å²) in [7, 11) is -7.01. The fourth-order valence-electron chi connectivity index (χ4n) is 9.87. The van der Waals surface area contributed by atoms with Crippen molar-refractivity contribution in [1.29, 1.82) is 0 Å². The molecule has 0 atom stereocenters. The van der Waals surface area contributed by atoms with Crippen LogP contribution in [0, 0.1) is 0 Å². The smallest absolute Gasteiger partial charge is 0.418 e. The van der Waals surface area contributed by atoms with E-state index in [0.717, 1.165) is 0 Å². The van der Waals surface area contributed by atoms with Crippen LogP contribution < -0.4 is 0 Å². The monoisotopic (exact) mass is 923 g/mol. The van der Waals surface area contributed by atoms with E-state index in [1.807, 2.05) is 0 Å². The minimum atomic E-state index is -6.00. The second-order valence-corrected chi connectivity index (χ2v) is 24.8. The third-order valence-corrected chi connectivity index (χ3v) is 19.0. The number of aliphatic hydroxyl groups excluding tert-OH is 1. The Morgan fingerprint density at radius 3 is 0.492 bits per heavy atom. The predicted molar refractivity (Wildman–Crippen MR) is 282 cm³/mol. The molecule has 1 N–H and O–H groups in total. The summed E-state index contributed by atoms with van der Waals surface area (Å²) in [5, 5.41) is 10.3. The maximum Gasteiger partial charge on any atom is 0.673 e. The summed E-state index contributed by atoms with van der Waals surface area (Å²) < 4.78 is 39.0. The maximum absolute atomic E-state index is 10.3. The van der Waals surface area contributed by atoms with E-state index in [1.165, 1.54) is 333 Å². The highest BCUT2D eigenvalue weighted by atomic mass is 31.2. The molecule has 0 unspecified atom stereocenters. The molecule has 0 saturated heterocycles. The van der Waals surface area contributed by atoms with Crippen LogP contribution in [-0.2, 0) is 0 Å². The highest BCUT2D eigenvalue weighted by Gasteiger charge is 2.35. The summed E-state index contributed by atoms with van der Waals surface area (Å²) in [5.74, 6) is 0. The van der Waals surface area contributed by atoms with E-state index in [9.17, 15) is 22.4 Å². The largest absolute Gasteiger partial charge is 0.673 e. The Hall–Kier alpha value is 0.175. The molecular weight excluding hydrogens is 806 g/mol. The summed E-state index contributed by atoms with van der Waals surface area (Å²) in [4.78, 5) is 0.